The molecule has 1 aliphatic rings. The highest BCUT2D eigenvalue weighted by atomic mass is 32.2. The van der Waals surface area contributed by atoms with Crippen molar-refractivity contribution in [2.75, 3.05) is 17.3 Å². The molecule has 1 aromatic rings. The molecule has 2 atom stereocenters. The van der Waals surface area contributed by atoms with Gasteiger partial charge in [-0.3, -0.25) is 4.79 Å². The molecule has 24 heavy (non-hydrogen) atoms. The van der Waals surface area contributed by atoms with E-state index in [1.165, 1.54) is 18.7 Å². The third-order valence-corrected chi connectivity index (χ3v) is 6.36. The standard InChI is InChI=1S/C16H21NO5S2/c1-3-23-14-7-5-4-6-13(14)16(19)22-11(2)15(18)17-12-8-9-24(20,21)10-12/h4-7,11-12H,3,8-10H2,1-2H3,(H,17,18)/t11-,12+/m0/s1. The molecule has 1 aromatic carbocycles. The third kappa shape index (κ3) is 4.98. The molecule has 0 radical (unpaired) electrons. The van der Waals surface area contributed by atoms with Gasteiger partial charge < -0.3 is 10.1 Å². The van der Waals surface area contributed by atoms with E-state index in [4.69, 9.17) is 4.74 Å². The van der Waals surface area contributed by atoms with Crippen LogP contribution in [0.25, 0.3) is 0 Å². The summed E-state index contributed by atoms with van der Waals surface area (Å²) in [5.74, 6) is -0.209. The van der Waals surface area contributed by atoms with E-state index in [1.807, 2.05) is 19.1 Å². The van der Waals surface area contributed by atoms with Crippen LogP contribution in [-0.4, -0.2) is 49.7 Å². The molecule has 0 saturated carbocycles. The van der Waals surface area contributed by atoms with Crippen molar-refractivity contribution in [3.8, 4) is 0 Å². The summed E-state index contributed by atoms with van der Waals surface area (Å²) in [6.07, 6.45) is -0.592. The number of sulfone groups is 1. The van der Waals surface area contributed by atoms with E-state index in [2.05, 4.69) is 5.32 Å². The van der Waals surface area contributed by atoms with Gasteiger partial charge in [-0.05, 0) is 31.2 Å². The van der Waals surface area contributed by atoms with Crippen molar-refractivity contribution in [1.82, 2.24) is 5.32 Å². The van der Waals surface area contributed by atoms with Crippen LogP contribution in [0.15, 0.2) is 29.2 Å². The summed E-state index contributed by atoms with van der Waals surface area (Å²) in [6.45, 7) is 3.46. The molecular formula is C16H21NO5S2. The Morgan fingerprint density at radius 1 is 1.38 bits per heavy atom. The Labute approximate surface area is 146 Å². The molecule has 0 aliphatic carbocycles. The van der Waals surface area contributed by atoms with Crippen molar-refractivity contribution in [1.29, 1.82) is 0 Å². The Morgan fingerprint density at radius 3 is 2.71 bits per heavy atom. The summed E-state index contributed by atoms with van der Waals surface area (Å²) in [7, 11) is -3.07. The predicted molar refractivity (Wildman–Crippen MR) is 92.9 cm³/mol. The van der Waals surface area contributed by atoms with Crippen molar-refractivity contribution >= 4 is 33.5 Å². The number of carbonyl (C=O) groups excluding carboxylic acids is 2. The molecule has 8 heteroatoms. The van der Waals surface area contributed by atoms with Gasteiger partial charge in [0.05, 0.1) is 17.1 Å². The first-order valence-electron chi connectivity index (χ1n) is 7.76. The molecule has 1 saturated heterocycles. The summed E-state index contributed by atoms with van der Waals surface area (Å²) in [6, 6.07) is 6.66. The number of rotatable bonds is 6. The molecule has 1 aliphatic heterocycles. The summed E-state index contributed by atoms with van der Waals surface area (Å²) in [4.78, 5) is 25.2. The Kier molecular flexibility index (Phi) is 6.28. The van der Waals surface area contributed by atoms with E-state index in [0.717, 1.165) is 10.6 Å². The van der Waals surface area contributed by atoms with Gasteiger partial charge in [0.1, 0.15) is 0 Å². The topological polar surface area (TPSA) is 89.5 Å². The van der Waals surface area contributed by atoms with E-state index in [9.17, 15) is 18.0 Å². The molecular weight excluding hydrogens is 350 g/mol. The maximum atomic E-state index is 12.3. The van der Waals surface area contributed by atoms with Crippen molar-refractivity contribution < 1.29 is 22.7 Å². The van der Waals surface area contributed by atoms with Gasteiger partial charge in [-0.15, -0.1) is 11.8 Å². The zero-order valence-corrected chi connectivity index (χ0v) is 15.3. The monoisotopic (exact) mass is 371 g/mol. The molecule has 1 N–H and O–H groups in total. The summed E-state index contributed by atoms with van der Waals surface area (Å²) >= 11 is 1.52. The molecule has 1 fully saturated rings. The predicted octanol–water partition coefficient (Wildman–Crippen LogP) is 1.65. The zero-order chi connectivity index (χ0) is 17.7. The molecule has 0 bridgehead atoms. The van der Waals surface area contributed by atoms with Gasteiger partial charge in [-0.2, -0.15) is 0 Å². The summed E-state index contributed by atoms with van der Waals surface area (Å²) in [5, 5.41) is 2.63. The van der Waals surface area contributed by atoms with Crippen LogP contribution < -0.4 is 5.32 Å². The first-order valence-corrected chi connectivity index (χ1v) is 10.6. The maximum absolute atomic E-state index is 12.3. The van der Waals surface area contributed by atoms with Crippen LogP contribution in [0.4, 0.5) is 0 Å². The van der Waals surface area contributed by atoms with Gasteiger partial charge in [0.2, 0.25) is 0 Å². The van der Waals surface area contributed by atoms with Gasteiger partial charge in [-0.25, -0.2) is 13.2 Å². The molecule has 1 heterocycles. The molecule has 0 spiro atoms. The average Bonchev–Trinajstić information content (AvgIpc) is 2.86. The van der Waals surface area contributed by atoms with Gasteiger partial charge >= 0.3 is 5.97 Å². The van der Waals surface area contributed by atoms with Crippen LogP contribution >= 0.6 is 11.8 Å². The van der Waals surface area contributed by atoms with E-state index >= 15 is 0 Å². The van der Waals surface area contributed by atoms with Crippen LogP contribution in [0.2, 0.25) is 0 Å². The van der Waals surface area contributed by atoms with E-state index in [-0.39, 0.29) is 11.5 Å². The number of ether oxygens (including phenoxy) is 1. The van der Waals surface area contributed by atoms with Gasteiger partial charge in [-0.1, -0.05) is 19.1 Å². The lowest BCUT2D eigenvalue weighted by Crippen LogP contribution is -2.42. The van der Waals surface area contributed by atoms with E-state index in [0.29, 0.717) is 12.0 Å². The van der Waals surface area contributed by atoms with Crippen LogP contribution in [0.1, 0.15) is 30.6 Å². The quantitative estimate of drug-likeness (QED) is 0.604. The Bertz CT molecular complexity index is 717. The number of thioether (sulfide) groups is 1. The fourth-order valence-electron chi connectivity index (χ4n) is 2.42. The first kappa shape index (κ1) is 18.8. The van der Waals surface area contributed by atoms with Gasteiger partial charge in [0.15, 0.2) is 15.9 Å². The lowest BCUT2D eigenvalue weighted by molar-refractivity contribution is -0.129. The highest BCUT2D eigenvalue weighted by Crippen LogP contribution is 2.23. The fourth-order valence-corrected chi connectivity index (χ4v) is 4.89. The minimum Gasteiger partial charge on any atom is -0.449 e. The number of benzene rings is 1. The molecule has 1 amide bonds. The van der Waals surface area contributed by atoms with Crippen molar-refractivity contribution in [2.24, 2.45) is 0 Å². The lowest BCUT2D eigenvalue weighted by atomic mass is 10.2. The number of carbonyl (C=O) groups is 2. The second kappa shape index (κ2) is 8.02. The van der Waals surface area contributed by atoms with Crippen LogP contribution in [0, 0.1) is 0 Å². The van der Waals surface area contributed by atoms with E-state index < -0.39 is 33.9 Å². The smallest absolute Gasteiger partial charge is 0.340 e. The first-order chi connectivity index (χ1) is 11.3. The third-order valence-electron chi connectivity index (χ3n) is 3.64. The minimum atomic E-state index is -3.07. The molecule has 2 rings (SSSR count). The van der Waals surface area contributed by atoms with Gasteiger partial charge in [0, 0.05) is 10.9 Å². The van der Waals surface area contributed by atoms with Gasteiger partial charge in [0.25, 0.3) is 5.91 Å². The molecule has 132 valence electrons. The molecule has 0 unspecified atom stereocenters. The summed E-state index contributed by atoms with van der Waals surface area (Å²) in [5.41, 5.74) is 0.424. The highest BCUT2D eigenvalue weighted by Gasteiger charge is 2.31. The number of hydrogen-bond donors (Lipinski definition) is 1. The van der Waals surface area contributed by atoms with E-state index in [1.54, 1.807) is 12.1 Å². The zero-order valence-electron chi connectivity index (χ0n) is 13.7. The largest absolute Gasteiger partial charge is 0.449 e. The average molecular weight is 371 g/mol. The van der Waals surface area contributed by atoms with Crippen LogP contribution in [0.3, 0.4) is 0 Å². The van der Waals surface area contributed by atoms with Crippen LogP contribution in [0.5, 0.6) is 0 Å². The number of hydrogen-bond acceptors (Lipinski definition) is 6. The second-order valence-electron chi connectivity index (χ2n) is 5.59. The highest BCUT2D eigenvalue weighted by molar-refractivity contribution is 7.99. The van der Waals surface area contributed by atoms with Crippen molar-refractivity contribution in [3.05, 3.63) is 29.8 Å². The SMILES string of the molecule is CCSc1ccccc1C(=O)O[C@@H](C)C(=O)N[C@@H]1CCS(=O)(=O)C1. The Hall–Kier alpha value is -1.54. The van der Waals surface area contributed by atoms with Crippen molar-refractivity contribution in [2.45, 2.75) is 37.3 Å². The lowest BCUT2D eigenvalue weighted by Gasteiger charge is -2.17. The minimum absolute atomic E-state index is 0.0601. The number of nitrogens with one attached hydrogen (secondary N) is 1. The van der Waals surface area contributed by atoms with Crippen molar-refractivity contribution in [3.63, 3.8) is 0 Å². The number of esters is 1. The number of amides is 1. The van der Waals surface area contributed by atoms with Crippen LogP contribution in [-0.2, 0) is 19.4 Å². The maximum Gasteiger partial charge on any atom is 0.340 e. The fraction of sp³-hybridized carbons (Fsp3) is 0.500. The second-order valence-corrected chi connectivity index (χ2v) is 9.12. The summed E-state index contributed by atoms with van der Waals surface area (Å²) < 4.78 is 28.1. The molecule has 0 aromatic heterocycles. The Balaban J connectivity index is 1.95. The normalized spacial score (nSPS) is 20.3. The Morgan fingerprint density at radius 2 is 2.08 bits per heavy atom. The molecule has 6 nitrogen and oxygen atoms in total.